The van der Waals surface area contributed by atoms with Gasteiger partial charge in [-0.1, -0.05) is 11.6 Å². The quantitative estimate of drug-likeness (QED) is 0.602. The number of nitrogen functional groups attached to an aromatic ring is 1. The standard InChI is InChI=1S/C9H9ClN2/c1-5-2-6-3-8(11)7(10)4-9(6)12-5/h2-4,12H,11H2,1H3. The van der Waals surface area contributed by atoms with Crippen molar-refractivity contribution in [2.75, 3.05) is 5.73 Å². The highest BCUT2D eigenvalue weighted by atomic mass is 35.5. The summed E-state index contributed by atoms with van der Waals surface area (Å²) in [6, 6.07) is 5.77. The van der Waals surface area contributed by atoms with Gasteiger partial charge in [-0.25, -0.2) is 0 Å². The van der Waals surface area contributed by atoms with E-state index >= 15 is 0 Å². The zero-order chi connectivity index (χ0) is 8.72. The second kappa shape index (κ2) is 2.42. The van der Waals surface area contributed by atoms with Crippen molar-refractivity contribution in [1.29, 1.82) is 0 Å². The van der Waals surface area contributed by atoms with E-state index < -0.39 is 0 Å². The molecule has 2 aromatic rings. The Kier molecular flexibility index (Phi) is 1.51. The first-order valence-corrected chi connectivity index (χ1v) is 4.09. The third-order valence-electron chi connectivity index (χ3n) is 1.87. The van der Waals surface area contributed by atoms with Crippen molar-refractivity contribution in [3.63, 3.8) is 0 Å². The number of benzene rings is 1. The van der Waals surface area contributed by atoms with Gasteiger partial charge in [0.05, 0.1) is 10.7 Å². The van der Waals surface area contributed by atoms with Crippen LogP contribution in [0, 0.1) is 6.92 Å². The largest absolute Gasteiger partial charge is 0.398 e. The summed E-state index contributed by atoms with van der Waals surface area (Å²) >= 11 is 5.85. The van der Waals surface area contributed by atoms with Crippen molar-refractivity contribution in [2.45, 2.75) is 6.92 Å². The van der Waals surface area contributed by atoms with Crippen LogP contribution in [0.4, 0.5) is 5.69 Å². The summed E-state index contributed by atoms with van der Waals surface area (Å²) in [5, 5.41) is 1.71. The molecular formula is C9H9ClN2. The number of hydrogen-bond donors (Lipinski definition) is 2. The van der Waals surface area contributed by atoms with Gasteiger partial charge in [0.15, 0.2) is 0 Å². The van der Waals surface area contributed by atoms with Crippen LogP contribution in [-0.4, -0.2) is 4.98 Å². The fourth-order valence-electron chi connectivity index (χ4n) is 1.32. The van der Waals surface area contributed by atoms with Crippen LogP contribution in [0.15, 0.2) is 18.2 Å². The molecule has 2 rings (SSSR count). The summed E-state index contributed by atoms with van der Waals surface area (Å²) in [6.07, 6.45) is 0. The molecule has 0 saturated heterocycles. The van der Waals surface area contributed by atoms with E-state index in [1.807, 2.05) is 25.1 Å². The average molecular weight is 181 g/mol. The normalized spacial score (nSPS) is 10.8. The number of anilines is 1. The first-order valence-electron chi connectivity index (χ1n) is 3.71. The summed E-state index contributed by atoms with van der Waals surface area (Å²) in [6.45, 7) is 2.00. The van der Waals surface area contributed by atoms with Gasteiger partial charge in [0, 0.05) is 16.6 Å². The molecule has 0 unspecified atom stereocenters. The van der Waals surface area contributed by atoms with Gasteiger partial charge in [0.25, 0.3) is 0 Å². The lowest BCUT2D eigenvalue weighted by Gasteiger charge is -1.96. The summed E-state index contributed by atoms with van der Waals surface area (Å²) < 4.78 is 0. The lowest BCUT2D eigenvalue weighted by molar-refractivity contribution is 1.30. The van der Waals surface area contributed by atoms with E-state index in [1.54, 1.807) is 0 Å². The zero-order valence-electron chi connectivity index (χ0n) is 6.69. The van der Waals surface area contributed by atoms with Crippen molar-refractivity contribution in [3.05, 3.63) is 28.9 Å². The lowest BCUT2D eigenvalue weighted by atomic mass is 10.2. The van der Waals surface area contributed by atoms with Crippen LogP contribution in [0.3, 0.4) is 0 Å². The molecule has 0 aliphatic carbocycles. The second-order valence-electron chi connectivity index (χ2n) is 2.91. The molecule has 2 nitrogen and oxygen atoms in total. The molecule has 0 aliphatic heterocycles. The highest BCUT2D eigenvalue weighted by molar-refractivity contribution is 6.33. The van der Waals surface area contributed by atoms with Crippen LogP contribution in [0.1, 0.15) is 5.69 Å². The average Bonchev–Trinajstić information content (AvgIpc) is 2.30. The first-order chi connectivity index (χ1) is 5.66. The van der Waals surface area contributed by atoms with Crippen molar-refractivity contribution in [3.8, 4) is 0 Å². The highest BCUT2D eigenvalue weighted by Crippen LogP contribution is 2.25. The van der Waals surface area contributed by atoms with Gasteiger partial charge in [0.1, 0.15) is 0 Å². The maximum Gasteiger partial charge on any atom is 0.0656 e. The maximum absolute atomic E-state index is 5.85. The van der Waals surface area contributed by atoms with Crippen LogP contribution in [0.2, 0.25) is 5.02 Å². The monoisotopic (exact) mass is 180 g/mol. The fraction of sp³-hybridized carbons (Fsp3) is 0.111. The molecule has 0 bridgehead atoms. The number of halogens is 1. The number of H-pyrrole nitrogens is 1. The first kappa shape index (κ1) is 7.50. The van der Waals surface area contributed by atoms with E-state index in [1.165, 1.54) is 0 Å². The van der Waals surface area contributed by atoms with E-state index in [0.29, 0.717) is 10.7 Å². The predicted molar refractivity (Wildman–Crippen MR) is 52.5 cm³/mol. The Morgan fingerprint density at radius 2 is 2.08 bits per heavy atom. The van der Waals surface area contributed by atoms with Crippen molar-refractivity contribution in [2.24, 2.45) is 0 Å². The molecule has 0 fully saturated rings. The lowest BCUT2D eigenvalue weighted by Crippen LogP contribution is -1.84. The maximum atomic E-state index is 5.85. The molecule has 1 heterocycles. The number of hydrogen-bond acceptors (Lipinski definition) is 1. The number of aryl methyl sites for hydroxylation is 1. The van der Waals surface area contributed by atoms with Gasteiger partial charge in [-0.2, -0.15) is 0 Å². The summed E-state index contributed by atoms with van der Waals surface area (Å²) in [5.41, 5.74) is 8.43. The zero-order valence-corrected chi connectivity index (χ0v) is 7.44. The number of nitrogens with two attached hydrogens (primary N) is 1. The Balaban J connectivity index is 2.83. The van der Waals surface area contributed by atoms with Crippen LogP contribution in [-0.2, 0) is 0 Å². The van der Waals surface area contributed by atoms with Crippen LogP contribution in [0.5, 0.6) is 0 Å². The minimum absolute atomic E-state index is 0.601. The Hall–Kier alpha value is -1.15. The molecule has 0 spiro atoms. The minimum atomic E-state index is 0.601. The summed E-state index contributed by atoms with van der Waals surface area (Å²) in [4.78, 5) is 3.19. The number of aromatic nitrogens is 1. The SMILES string of the molecule is Cc1cc2cc(N)c(Cl)cc2[nH]1. The Labute approximate surface area is 75.3 Å². The highest BCUT2D eigenvalue weighted by Gasteiger charge is 2.01. The molecule has 3 heteroatoms. The Morgan fingerprint density at radius 3 is 2.83 bits per heavy atom. The molecule has 3 N–H and O–H groups in total. The van der Waals surface area contributed by atoms with Gasteiger partial charge in [-0.05, 0) is 25.1 Å². The topological polar surface area (TPSA) is 41.8 Å². The number of rotatable bonds is 0. The molecule has 0 radical (unpaired) electrons. The Bertz CT molecular complexity index is 392. The van der Waals surface area contributed by atoms with Crippen LogP contribution < -0.4 is 5.73 Å². The third kappa shape index (κ3) is 1.04. The van der Waals surface area contributed by atoms with E-state index in [4.69, 9.17) is 17.3 Å². The molecule has 0 aliphatic rings. The molecule has 1 aromatic carbocycles. The number of aromatic amines is 1. The number of nitrogens with one attached hydrogen (secondary N) is 1. The summed E-state index contributed by atoms with van der Waals surface area (Å²) in [7, 11) is 0. The van der Waals surface area contributed by atoms with E-state index in [0.717, 1.165) is 16.6 Å². The molecular weight excluding hydrogens is 172 g/mol. The fourth-order valence-corrected chi connectivity index (χ4v) is 1.48. The van der Waals surface area contributed by atoms with Gasteiger partial charge >= 0.3 is 0 Å². The Morgan fingerprint density at radius 1 is 1.33 bits per heavy atom. The van der Waals surface area contributed by atoms with Gasteiger partial charge < -0.3 is 10.7 Å². The molecule has 12 heavy (non-hydrogen) atoms. The van der Waals surface area contributed by atoms with Gasteiger partial charge in [0.2, 0.25) is 0 Å². The predicted octanol–water partition coefficient (Wildman–Crippen LogP) is 2.71. The van der Waals surface area contributed by atoms with Gasteiger partial charge in [-0.3, -0.25) is 0 Å². The molecule has 1 aromatic heterocycles. The van der Waals surface area contributed by atoms with Crippen molar-refractivity contribution < 1.29 is 0 Å². The molecule has 62 valence electrons. The molecule has 0 amide bonds. The van der Waals surface area contributed by atoms with Crippen LogP contribution in [0.25, 0.3) is 10.9 Å². The number of fused-ring (bicyclic) bond motifs is 1. The summed E-state index contributed by atoms with van der Waals surface area (Å²) in [5.74, 6) is 0. The third-order valence-corrected chi connectivity index (χ3v) is 2.20. The van der Waals surface area contributed by atoms with E-state index in [-0.39, 0.29) is 0 Å². The van der Waals surface area contributed by atoms with E-state index in [2.05, 4.69) is 4.98 Å². The van der Waals surface area contributed by atoms with Crippen molar-refractivity contribution >= 4 is 28.2 Å². The smallest absolute Gasteiger partial charge is 0.0656 e. The van der Waals surface area contributed by atoms with Crippen LogP contribution >= 0.6 is 11.6 Å². The second-order valence-corrected chi connectivity index (χ2v) is 3.32. The van der Waals surface area contributed by atoms with Gasteiger partial charge in [-0.15, -0.1) is 0 Å². The molecule has 0 atom stereocenters. The molecule has 0 saturated carbocycles. The van der Waals surface area contributed by atoms with Crippen molar-refractivity contribution in [1.82, 2.24) is 4.98 Å². The minimum Gasteiger partial charge on any atom is -0.398 e. The van der Waals surface area contributed by atoms with E-state index in [9.17, 15) is 0 Å².